The Morgan fingerprint density at radius 2 is 1.95 bits per heavy atom. The van der Waals surface area contributed by atoms with Gasteiger partial charge in [-0.15, -0.1) is 11.8 Å². The van der Waals surface area contributed by atoms with Gasteiger partial charge in [-0.25, -0.2) is 19.9 Å². The Labute approximate surface area is 127 Å². The maximum Gasteiger partial charge on any atom is 0.417 e. The van der Waals surface area contributed by atoms with Crippen LogP contribution in [0.4, 0.5) is 13.2 Å². The molecule has 22 heavy (non-hydrogen) atoms. The third kappa shape index (κ3) is 2.76. The number of nitrogens with zero attached hydrogens (tertiary/aromatic N) is 4. The van der Waals surface area contributed by atoms with Crippen molar-refractivity contribution < 1.29 is 13.2 Å². The lowest BCUT2D eigenvalue weighted by Crippen LogP contribution is -2.05. The number of aromatic amines is 1. The second kappa shape index (κ2) is 5.56. The van der Waals surface area contributed by atoms with Crippen LogP contribution in [0.15, 0.2) is 29.7 Å². The minimum absolute atomic E-state index is 0.209. The van der Waals surface area contributed by atoms with E-state index < -0.39 is 11.7 Å². The van der Waals surface area contributed by atoms with Crippen molar-refractivity contribution in [2.45, 2.75) is 18.1 Å². The maximum absolute atomic E-state index is 12.7. The van der Waals surface area contributed by atoms with Gasteiger partial charge in [0.1, 0.15) is 10.7 Å². The van der Waals surface area contributed by atoms with E-state index in [0.717, 1.165) is 18.0 Å². The molecule has 3 aromatic rings. The molecule has 0 radical (unpaired) electrons. The molecule has 0 aliphatic heterocycles. The Balaban J connectivity index is 2.09. The first-order valence-corrected chi connectivity index (χ1v) is 7.34. The van der Waals surface area contributed by atoms with Crippen molar-refractivity contribution >= 4 is 22.9 Å². The molecule has 0 fully saturated rings. The number of aromatic nitrogens is 5. The fourth-order valence-electron chi connectivity index (χ4n) is 1.90. The van der Waals surface area contributed by atoms with Gasteiger partial charge in [0.25, 0.3) is 0 Å². The van der Waals surface area contributed by atoms with Crippen LogP contribution in [-0.2, 0) is 6.18 Å². The van der Waals surface area contributed by atoms with E-state index in [4.69, 9.17) is 0 Å². The highest BCUT2D eigenvalue weighted by molar-refractivity contribution is 7.99. The topological polar surface area (TPSA) is 67.3 Å². The van der Waals surface area contributed by atoms with Gasteiger partial charge < -0.3 is 4.98 Å². The maximum atomic E-state index is 12.7. The van der Waals surface area contributed by atoms with E-state index >= 15 is 0 Å². The van der Waals surface area contributed by atoms with Crippen LogP contribution in [-0.4, -0.2) is 30.7 Å². The zero-order valence-electron chi connectivity index (χ0n) is 11.3. The molecule has 0 aliphatic rings. The summed E-state index contributed by atoms with van der Waals surface area (Å²) in [5, 5.41) is 0.667. The van der Waals surface area contributed by atoms with E-state index in [9.17, 15) is 13.2 Å². The summed E-state index contributed by atoms with van der Waals surface area (Å²) < 4.78 is 38.1. The second-order valence-corrected chi connectivity index (χ2v) is 5.57. The lowest BCUT2D eigenvalue weighted by Gasteiger charge is -2.04. The number of hydrogen-bond acceptors (Lipinski definition) is 5. The van der Waals surface area contributed by atoms with Gasteiger partial charge in [0.2, 0.25) is 0 Å². The molecule has 3 heterocycles. The summed E-state index contributed by atoms with van der Waals surface area (Å²) in [5.74, 6) is 1.15. The Bertz CT molecular complexity index is 815. The van der Waals surface area contributed by atoms with Gasteiger partial charge in [-0.2, -0.15) is 13.2 Å². The molecule has 3 rings (SSSR count). The summed E-state index contributed by atoms with van der Waals surface area (Å²) in [5.41, 5.74) is 0.0995. The lowest BCUT2D eigenvalue weighted by molar-refractivity contribution is -0.137. The zero-order valence-corrected chi connectivity index (χ0v) is 12.2. The van der Waals surface area contributed by atoms with Crippen molar-refractivity contribution in [3.8, 4) is 11.5 Å². The number of nitrogens with one attached hydrogen (secondary N) is 1. The Morgan fingerprint density at radius 3 is 2.68 bits per heavy atom. The van der Waals surface area contributed by atoms with E-state index in [1.54, 1.807) is 6.20 Å². The van der Waals surface area contributed by atoms with E-state index in [2.05, 4.69) is 24.9 Å². The zero-order chi connectivity index (χ0) is 15.7. The monoisotopic (exact) mass is 325 g/mol. The summed E-state index contributed by atoms with van der Waals surface area (Å²) in [6.07, 6.45) is -0.603. The van der Waals surface area contributed by atoms with Crippen molar-refractivity contribution in [3.05, 3.63) is 30.2 Å². The molecule has 0 unspecified atom stereocenters. The standard InChI is InChI=1S/C13H10F3N5S/c1-2-22-12-9(17-3-4-18-12)11-20-8-5-7(13(14,15)16)6-19-10(8)21-11/h3-6H,2H2,1H3,(H,19,20,21). The minimum Gasteiger partial charge on any atom is -0.335 e. The first-order chi connectivity index (χ1) is 10.5. The van der Waals surface area contributed by atoms with E-state index in [1.165, 1.54) is 18.0 Å². The van der Waals surface area contributed by atoms with Gasteiger partial charge in [-0.1, -0.05) is 6.92 Å². The number of imidazole rings is 1. The first-order valence-electron chi connectivity index (χ1n) is 6.36. The first kappa shape index (κ1) is 14.8. The van der Waals surface area contributed by atoms with E-state index in [0.29, 0.717) is 16.5 Å². The quantitative estimate of drug-likeness (QED) is 0.746. The fourth-order valence-corrected chi connectivity index (χ4v) is 2.59. The molecule has 114 valence electrons. The lowest BCUT2D eigenvalue weighted by atomic mass is 10.2. The van der Waals surface area contributed by atoms with Crippen molar-refractivity contribution in [2.75, 3.05) is 5.75 Å². The largest absolute Gasteiger partial charge is 0.417 e. The van der Waals surface area contributed by atoms with Crippen molar-refractivity contribution in [3.63, 3.8) is 0 Å². The molecule has 3 aromatic heterocycles. The number of thioether (sulfide) groups is 1. The SMILES string of the molecule is CCSc1nccnc1-c1nc2ncc(C(F)(F)F)cc2[nH]1. The highest BCUT2D eigenvalue weighted by atomic mass is 32.2. The third-order valence-electron chi connectivity index (χ3n) is 2.83. The van der Waals surface area contributed by atoms with Gasteiger partial charge in [-0.05, 0) is 11.8 Å². The summed E-state index contributed by atoms with van der Waals surface area (Å²) >= 11 is 1.48. The van der Waals surface area contributed by atoms with Crippen LogP contribution in [0, 0.1) is 0 Å². The molecule has 0 bridgehead atoms. The molecule has 1 N–H and O–H groups in total. The van der Waals surface area contributed by atoms with Crippen molar-refractivity contribution in [1.82, 2.24) is 24.9 Å². The smallest absolute Gasteiger partial charge is 0.335 e. The number of halogens is 3. The number of fused-ring (bicyclic) bond motifs is 1. The number of rotatable bonds is 3. The van der Waals surface area contributed by atoms with Crippen LogP contribution in [0.3, 0.4) is 0 Å². The predicted molar refractivity (Wildman–Crippen MR) is 76.3 cm³/mol. The summed E-state index contributed by atoms with van der Waals surface area (Å²) in [6.45, 7) is 1.97. The second-order valence-electron chi connectivity index (χ2n) is 4.32. The van der Waals surface area contributed by atoms with Gasteiger partial charge >= 0.3 is 6.18 Å². The Kier molecular flexibility index (Phi) is 3.73. The molecule has 0 saturated carbocycles. The average molecular weight is 325 g/mol. The minimum atomic E-state index is -4.44. The average Bonchev–Trinajstić information content (AvgIpc) is 2.90. The Hall–Kier alpha value is -2.16. The van der Waals surface area contributed by atoms with Crippen LogP contribution in [0.2, 0.25) is 0 Å². The number of H-pyrrole nitrogens is 1. The van der Waals surface area contributed by atoms with Gasteiger partial charge in [-0.3, -0.25) is 0 Å². The summed E-state index contributed by atoms with van der Waals surface area (Å²) in [4.78, 5) is 19.2. The molecule has 0 amide bonds. The number of hydrogen-bond donors (Lipinski definition) is 1. The third-order valence-corrected chi connectivity index (χ3v) is 3.70. The molecular formula is C13H10F3N5S. The fraction of sp³-hybridized carbons (Fsp3) is 0.231. The summed E-state index contributed by atoms with van der Waals surface area (Å²) in [6, 6.07) is 0.988. The van der Waals surface area contributed by atoms with Crippen LogP contribution >= 0.6 is 11.8 Å². The molecule has 0 saturated heterocycles. The highest BCUT2D eigenvalue weighted by Crippen LogP contribution is 2.31. The summed E-state index contributed by atoms with van der Waals surface area (Å²) in [7, 11) is 0. The van der Waals surface area contributed by atoms with Crippen LogP contribution in [0.5, 0.6) is 0 Å². The van der Waals surface area contributed by atoms with Gasteiger partial charge in [0, 0.05) is 18.6 Å². The molecule has 0 aromatic carbocycles. The molecule has 0 atom stereocenters. The number of alkyl halides is 3. The van der Waals surface area contributed by atoms with Crippen LogP contribution in [0.25, 0.3) is 22.7 Å². The predicted octanol–water partition coefficient (Wildman–Crippen LogP) is 3.55. The normalized spacial score (nSPS) is 12.0. The van der Waals surface area contributed by atoms with Crippen molar-refractivity contribution in [2.24, 2.45) is 0 Å². The number of pyridine rings is 1. The molecule has 9 heteroatoms. The molecule has 0 spiro atoms. The van der Waals surface area contributed by atoms with Crippen LogP contribution in [0.1, 0.15) is 12.5 Å². The Morgan fingerprint density at radius 1 is 1.18 bits per heavy atom. The molecule has 0 aliphatic carbocycles. The van der Waals surface area contributed by atoms with Crippen LogP contribution < -0.4 is 0 Å². The van der Waals surface area contributed by atoms with E-state index in [-0.39, 0.29) is 11.2 Å². The molecular weight excluding hydrogens is 315 g/mol. The van der Waals surface area contributed by atoms with Crippen molar-refractivity contribution in [1.29, 1.82) is 0 Å². The van der Waals surface area contributed by atoms with E-state index in [1.807, 2.05) is 6.92 Å². The van der Waals surface area contributed by atoms with Gasteiger partial charge in [0.15, 0.2) is 11.5 Å². The molecule has 5 nitrogen and oxygen atoms in total. The van der Waals surface area contributed by atoms with Gasteiger partial charge in [0.05, 0.1) is 11.1 Å². The highest BCUT2D eigenvalue weighted by Gasteiger charge is 2.31.